The molecule has 3 amide bonds. The summed E-state index contributed by atoms with van der Waals surface area (Å²) in [5.74, 6) is -1.34. The summed E-state index contributed by atoms with van der Waals surface area (Å²) in [5.41, 5.74) is 1.91. The number of rotatable bonds is 4. The molecule has 0 aromatic heterocycles. The van der Waals surface area contributed by atoms with Crippen LogP contribution in [0.1, 0.15) is 18.1 Å². The molecule has 0 aliphatic carbocycles. The summed E-state index contributed by atoms with van der Waals surface area (Å²) in [5, 5.41) is 4.26. The Hall–Kier alpha value is -2.63. The Kier molecular flexibility index (Phi) is 6.13. The Morgan fingerprint density at radius 1 is 1.24 bits per heavy atom. The maximum absolute atomic E-state index is 11.6. The van der Waals surface area contributed by atoms with E-state index in [2.05, 4.69) is 5.32 Å². The van der Waals surface area contributed by atoms with E-state index in [-0.39, 0.29) is 0 Å². The zero-order valence-corrected chi connectivity index (χ0v) is 12.2. The van der Waals surface area contributed by atoms with Crippen LogP contribution in [0, 0.1) is 6.92 Å². The van der Waals surface area contributed by atoms with E-state index in [1.807, 2.05) is 36.5 Å². The fourth-order valence-corrected chi connectivity index (χ4v) is 1.47. The van der Waals surface area contributed by atoms with Gasteiger partial charge in [-0.3, -0.25) is 10.1 Å². The quantitative estimate of drug-likeness (QED) is 0.648. The van der Waals surface area contributed by atoms with Crippen molar-refractivity contribution < 1.29 is 19.1 Å². The van der Waals surface area contributed by atoms with E-state index in [4.69, 9.17) is 4.74 Å². The van der Waals surface area contributed by atoms with Gasteiger partial charge in [0.25, 0.3) is 5.91 Å². The highest BCUT2D eigenvalue weighted by Gasteiger charge is 2.18. The molecule has 0 saturated heterocycles. The second-order valence-corrected chi connectivity index (χ2v) is 4.34. The minimum atomic E-state index is -1.06. The first-order valence-corrected chi connectivity index (χ1v) is 6.41. The standard InChI is InChI=1S/C15H18N2O4/c1-10-6-4-5-7-12(10)8-9-13(18)21-11(2)14(19)17-15(20)16-3/h4-9,11H,1-3H3,(H2,16,17,19,20)/b9-8+/t11-/m0/s1. The highest BCUT2D eigenvalue weighted by molar-refractivity contribution is 5.98. The number of carbonyl (C=O) groups is 3. The molecule has 1 rings (SSSR count). The van der Waals surface area contributed by atoms with Crippen molar-refractivity contribution in [3.8, 4) is 0 Å². The third kappa shape index (κ3) is 5.48. The van der Waals surface area contributed by atoms with Crippen molar-refractivity contribution in [3.63, 3.8) is 0 Å². The number of imide groups is 1. The number of hydrogen-bond acceptors (Lipinski definition) is 4. The molecule has 112 valence electrons. The van der Waals surface area contributed by atoms with Gasteiger partial charge in [-0.2, -0.15) is 0 Å². The van der Waals surface area contributed by atoms with Gasteiger partial charge in [0, 0.05) is 13.1 Å². The summed E-state index contributed by atoms with van der Waals surface area (Å²) in [6.45, 7) is 3.31. The van der Waals surface area contributed by atoms with Gasteiger partial charge in [-0.1, -0.05) is 24.3 Å². The SMILES string of the molecule is CNC(=O)NC(=O)[C@H](C)OC(=O)/C=C/c1ccccc1C. The summed E-state index contributed by atoms with van der Waals surface area (Å²) < 4.78 is 4.90. The molecule has 2 N–H and O–H groups in total. The van der Waals surface area contributed by atoms with Crippen molar-refractivity contribution in [2.24, 2.45) is 0 Å². The highest BCUT2D eigenvalue weighted by Crippen LogP contribution is 2.09. The number of nitrogens with one attached hydrogen (secondary N) is 2. The third-order valence-corrected chi connectivity index (χ3v) is 2.71. The van der Waals surface area contributed by atoms with Crippen molar-refractivity contribution in [2.45, 2.75) is 20.0 Å². The van der Waals surface area contributed by atoms with Crippen LogP contribution < -0.4 is 10.6 Å². The van der Waals surface area contributed by atoms with Gasteiger partial charge in [0.05, 0.1) is 0 Å². The molecule has 1 aromatic rings. The van der Waals surface area contributed by atoms with E-state index in [9.17, 15) is 14.4 Å². The van der Waals surface area contributed by atoms with Gasteiger partial charge < -0.3 is 10.1 Å². The summed E-state index contributed by atoms with van der Waals surface area (Å²) in [6, 6.07) is 6.89. The zero-order chi connectivity index (χ0) is 15.8. The van der Waals surface area contributed by atoms with Crippen LogP contribution in [0.4, 0.5) is 4.79 Å². The first kappa shape index (κ1) is 16.4. The van der Waals surface area contributed by atoms with Crippen molar-refractivity contribution in [2.75, 3.05) is 7.05 Å². The zero-order valence-electron chi connectivity index (χ0n) is 12.2. The molecule has 0 saturated carbocycles. The molecule has 1 atom stereocenters. The second kappa shape index (κ2) is 7.84. The lowest BCUT2D eigenvalue weighted by Gasteiger charge is -2.11. The lowest BCUT2D eigenvalue weighted by molar-refractivity contribution is -0.149. The number of aryl methyl sites for hydroxylation is 1. The smallest absolute Gasteiger partial charge is 0.331 e. The van der Waals surface area contributed by atoms with Gasteiger partial charge in [0.15, 0.2) is 6.10 Å². The molecule has 0 aliphatic heterocycles. The molecule has 0 spiro atoms. The number of amides is 3. The van der Waals surface area contributed by atoms with Crippen molar-refractivity contribution in [3.05, 3.63) is 41.5 Å². The van der Waals surface area contributed by atoms with Crippen LogP contribution in [0.5, 0.6) is 0 Å². The maximum atomic E-state index is 11.6. The van der Waals surface area contributed by atoms with E-state index in [0.29, 0.717) is 0 Å². The van der Waals surface area contributed by atoms with Crippen LogP contribution in [-0.2, 0) is 14.3 Å². The van der Waals surface area contributed by atoms with Gasteiger partial charge in [-0.05, 0) is 31.1 Å². The van der Waals surface area contributed by atoms with Crippen molar-refractivity contribution in [1.29, 1.82) is 0 Å². The van der Waals surface area contributed by atoms with Crippen LogP contribution in [-0.4, -0.2) is 31.1 Å². The number of benzene rings is 1. The number of ether oxygens (including phenoxy) is 1. The lowest BCUT2D eigenvalue weighted by atomic mass is 10.1. The van der Waals surface area contributed by atoms with Gasteiger partial charge in [0.2, 0.25) is 0 Å². The Bertz CT molecular complexity index is 567. The Labute approximate surface area is 123 Å². The predicted octanol–water partition coefficient (Wildman–Crippen LogP) is 1.40. The molecule has 6 nitrogen and oxygen atoms in total. The van der Waals surface area contributed by atoms with Crippen LogP contribution in [0.25, 0.3) is 6.08 Å². The first-order chi connectivity index (χ1) is 9.93. The van der Waals surface area contributed by atoms with Crippen LogP contribution >= 0.6 is 0 Å². The van der Waals surface area contributed by atoms with Gasteiger partial charge in [0.1, 0.15) is 0 Å². The van der Waals surface area contributed by atoms with E-state index in [0.717, 1.165) is 11.1 Å². The monoisotopic (exact) mass is 290 g/mol. The number of esters is 1. The van der Waals surface area contributed by atoms with Crippen LogP contribution in [0.2, 0.25) is 0 Å². The fraction of sp³-hybridized carbons (Fsp3) is 0.267. The van der Waals surface area contributed by atoms with E-state index in [1.54, 1.807) is 6.08 Å². The van der Waals surface area contributed by atoms with Gasteiger partial charge in [-0.15, -0.1) is 0 Å². The summed E-state index contributed by atoms with van der Waals surface area (Å²) in [7, 11) is 1.38. The first-order valence-electron chi connectivity index (χ1n) is 6.41. The predicted molar refractivity (Wildman–Crippen MR) is 78.4 cm³/mol. The Balaban J connectivity index is 2.55. The molecule has 0 unspecified atom stereocenters. The minimum absolute atomic E-state index is 0.654. The average Bonchev–Trinajstić information content (AvgIpc) is 2.46. The fourth-order valence-electron chi connectivity index (χ4n) is 1.47. The molecular formula is C15H18N2O4. The molecule has 21 heavy (non-hydrogen) atoms. The van der Waals surface area contributed by atoms with E-state index < -0.39 is 24.0 Å². The van der Waals surface area contributed by atoms with E-state index in [1.165, 1.54) is 20.0 Å². The van der Waals surface area contributed by atoms with Crippen molar-refractivity contribution >= 4 is 24.0 Å². The van der Waals surface area contributed by atoms with Crippen molar-refractivity contribution in [1.82, 2.24) is 10.6 Å². The van der Waals surface area contributed by atoms with Crippen LogP contribution in [0.15, 0.2) is 30.3 Å². The summed E-state index contributed by atoms with van der Waals surface area (Å²) in [6.07, 6.45) is 1.80. The largest absolute Gasteiger partial charge is 0.449 e. The number of hydrogen-bond donors (Lipinski definition) is 2. The topological polar surface area (TPSA) is 84.5 Å². The molecule has 0 aliphatic rings. The van der Waals surface area contributed by atoms with Gasteiger partial charge in [-0.25, -0.2) is 9.59 Å². The van der Waals surface area contributed by atoms with E-state index >= 15 is 0 Å². The minimum Gasteiger partial charge on any atom is -0.449 e. The molecular weight excluding hydrogens is 272 g/mol. The summed E-state index contributed by atoms with van der Waals surface area (Å²) >= 11 is 0. The number of urea groups is 1. The average molecular weight is 290 g/mol. The summed E-state index contributed by atoms with van der Waals surface area (Å²) in [4.78, 5) is 34.1. The van der Waals surface area contributed by atoms with Crippen LogP contribution in [0.3, 0.4) is 0 Å². The lowest BCUT2D eigenvalue weighted by Crippen LogP contribution is -2.43. The molecule has 0 radical (unpaired) electrons. The Morgan fingerprint density at radius 2 is 1.90 bits per heavy atom. The molecule has 0 heterocycles. The maximum Gasteiger partial charge on any atom is 0.331 e. The molecule has 0 bridgehead atoms. The Morgan fingerprint density at radius 3 is 2.52 bits per heavy atom. The molecule has 1 aromatic carbocycles. The third-order valence-electron chi connectivity index (χ3n) is 2.71. The molecule has 6 heteroatoms. The normalized spacial score (nSPS) is 11.8. The second-order valence-electron chi connectivity index (χ2n) is 4.34. The number of carbonyl (C=O) groups excluding carboxylic acids is 3. The van der Waals surface area contributed by atoms with Gasteiger partial charge >= 0.3 is 12.0 Å². The highest BCUT2D eigenvalue weighted by atomic mass is 16.5. The molecule has 0 fully saturated rings.